The first-order valence-corrected chi connectivity index (χ1v) is 8.87. The minimum Gasteiger partial charge on any atom is -0.485 e. The lowest BCUT2D eigenvalue weighted by molar-refractivity contribution is 0.0439. The van der Waals surface area contributed by atoms with E-state index in [1.54, 1.807) is 37.4 Å². The zero-order valence-corrected chi connectivity index (χ0v) is 15.6. The number of hydrogen-bond acceptors (Lipinski definition) is 8. The first kappa shape index (κ1) is 18.4. The van der Waals surface area contributed by atoms with E-state index in [1.165, 1.54) is 0 Å². The van der Waals surface area contributed by atoms with Gasteiger partial charge in [-0.3, -0.25) is 0 Å². The summed E-state index contributed by atoms with van der Waals surface area (Å²) < 4.78 is 21.3. The Morgan fingerprint density at radius 1 is 1.03 bits per heavy atom. The molecule has 0 fully saturated rings. The normalized spacial score (nSPS) is 10.7. The molecule has 0 unspecified atom stereocenters. The molecule has 0 saturated heterocycles. The van der Waals surface area contributed by atoms with E-state index in [4.69, 9.17) is 18.4 Å². The largest absolute Gasteiger partial charge is 0.485 e. The van der Waals surface area contributed by atoms with E-state index in [-0.39, 0.29) is 13.2 Å². The Morgan fingerprint density at radius 3 is 2.55 bits per heavy atom. The van der Waals surface area contributed by atoms with Crippen molar-refractivity contribution in [3.05, 3.63) is 84.0 Å². The van der Waals surface area contributed by atoms with Gasteiger partial charge >= 0.3 is 5.97 Å². The van der Waals surface area contributed by atoms with Gasteiger partial charge in [-0.05, 0) is 24.3 Å². The first-order chi connectivity index (χ1) is 14.2. The fourth-order valence-electron chi connectivity index (χ4n) is 2.56. The number of esters is 1. The molecule has 0 aliphatic heterocycles. The Morgan fingerprint density at radius 2 is 1.83 bits per heavy atom. The van der Waals surface area contributed by atoms with Crippen LogP contribution in [0.2, 0.25) is 0 Å². The predicted octanol–water partition coefficient (Wildman–Crippen LogP) is 3.97. The highest BCUT2D eigenvalue weighted by Gasteiger charge is 2.12. The van der Waals surface area contributed by atoms with Crippen LogP contribution in [-0.2, 0) is 18.0 Å². The summed E-state index contributed by atoms with van der Waals surface area (Å²) in [6, 6.07) is 16.1. The van der Waals surface area contributed by atoms with E-state index in [9.17, 15) is 4.79 Å². The van der Waals surface area contributed by atoms with Crippen LogP contribution in [0, 0.1) is 6.92 Å². The van der Waals surface area contributed by atoms with Crippen molar-refractivity contribution in [2.24, 2.45) is 0 Å². The molecule has 0 radical (unpaired) electrons. The molecule has 0 aliphatic carbocycles. The number of aryl methyl sites for hydroxylation is 1. The highest BCUT2D eigenvalue weighted by molar-refractivity contribution is 5.89. The Labute approximate surface area is 166 Å². The van der Waals surface area contributed by atoms with E-state index < -0.39 is 5.97 Å². The maximum Gasteiger partial charge on any atom is 0.338 e. The van der Waals surface area contributed by atoms with Crippen molar-refractivity contribution in [1.29, 1.82) is 0 Å². The third kappa shape index (κ3) is 4.67. The Balaban J connectivity index is 1.30. The van der Waals surface area contributed by atoms with Gasteiger partial charge < -0.3 is 18.4 Å². The summed E-state index contributed by atoms with van der Waals surface area (Å²) in [6.07, 6.45) is 1.61. The average Bonchev–Trinajstić information content (AvgIpc) is 3.40. The molecular weight excluding hydrogens is 374 g/mol. The van der Waals surface area contributed by atoms with E-state index in [2.05, 4.69) is 15.1 Å². The fraction of sp³-hybridized carbons (Fsp3) is 0.143. The number of carbonyl (C=O) groups excluding carboxylic acids is 1. The topological polar surface area (TPSA) is 100 Å². The van der Waals surface area contributed by atoms with E-state index in [1.807, 2.05) is 30.3 Å². The van der Waals surface area contributed by atoms with Gasteiger partial charge in [0.25, 0.3) is 0 Å². The van der Waals surface area contributed by atoms with Crippen LogP contribution in [0.15, 0.2) is 69.7 Å². The van der Waals surface area contributed by atoms with Crippen LogP contribution in [-0.4, -0.2) is 21.1 Å². The molecular formula is C21H17N3O5. The van der Waals surface area contributed by atoms with E-state index >= 15 is 0 Å². The van der Waals surface area contributed by atoms with Gasteiger partial charge in [0.2, 0.25) is 17.6 Å². The molecule has 29 heavy (non-hydrogen) atoms. The van der Waals surface area contributed by atoms with Crippen LogP contribution >= 0.6 is 0 Å². The van der Waals surface area contributed by atoms with Crippen molar-refractivity contribution >= 4 is 5.97 Å². The highest BCUT2D eigenvalue weighted by Crippen LogP contribution is 2.20. The molecule has 0 N–H and O–H groups in total. The van der Waals surface area contributed by atoms with Gasteiger partial charge in [0.1, 0.15) is 5.75 Å². The quantitative estimate of drug-likeness (QED) is 0.436. The van der Waals surface area contributed by atoms with Gasteiger partial charge in [0, 0.05) is 12.5 Å². The number of carbonyl (C=O) groups is 1. The Hall–Kier alpha value is -3.94. The summed E-state index contributed by atoms with van der Waals surface area (Å²) in [6.45, 7) is 1.83. The monoisotopic (exact) mass is 391 g/mol. The van der Waals surface area contributed by atoms with E-state index in [0.29, 0.717) is 34.7 Å². The fourth-order valence-corrected chi connectivity index (χ4v) is 2.56. The number of aromatic nitrogens is 3. The second-order valence-corrected chi connectivity index (χ2v) is 6.10. The third-order valence-corrected chi connectivity index (χ3v) is 3.97. The molecule has 146 valence electrons. The summed E-state index contributed by atoms with van der Waals surface area (Å²) in [4.78, 5) is 20.4. The average molecular weight is 391 g/mol. The first-order valence-electron chi connectivity index (χ1n) is 8.87. The van der Waals surface area contributed by atoms with Crippen molar-refractivity contribution in [1.82, 2.24) is 15.1 Å². The second-order valence-electron chi connectivity index (χ2n) is 6.10. The molecule has 0 bridgehead atoms. The van der Waals surface area contributed by atoms with Crippen LogP contribution in [0.4, 0.5) is 0 Å². The summed E-state index contributed by atoms with van der Waals surface area (Å²) in [5.41, 5.74) is 1.30. The lowest BCUT2D eigenvalue weighted by Crippen LogP contribution is -2.05. The van der Waals surface area contributed by atoms with Gasteiger partial charge in [-0.25, -0.2) is 9.78 Å². The molecule has 8 nitrogen and oxygen atoms in total. The smallest absolute Gasteiger partial charge is 0.338 e. The van der Waals surface area contributed by atoms with Crippen molar-refractivity contribution in [2.75, 3.05) is 0 Å². The zero-order chi connectivity index (χ0) is 20.1. The van der Waals surface area contributed by atoms with Crippen molar-refractivity contribution in [3.8, 4) is 17.1 Å². The van der Waals surface area contributed by atoms with Crippen molar-refractivity contribution in [3.63, 3.8) is 0 Å². The molecule has 2 aromatic carbocycles. The van der Waals surface area contributed by atoms with Crippen LogP contribution in [0.3, 0.4) is 0 Å². The van der Waals surface area contributed by atoms with Gasteiger partial charge in [-0.2, -0.15) is 4.98 Å². The second kappa shape index (κ2) is 8.39. The lowest BCUT2D eigenvalue weighted by atomic mass is 10.2. The molecule has 4 rings (SSSR count). The standard InChI is InChI=1S/C21H17N3O5/c1-14-23-19(24-29-14)12-26-17-9-7-16(8-10-17)21(25)27-13-20-22-11-18(28-20)15-5-3-2-4-6-15/h2-11H,12-13H2,1H3. The number of hydrogen-bond donors (Lipinski definition) is 0. The third-order valence-electron chi connectivity index (χ3n) is 3.97. The van der Waals surface area contributed by atoms with Crippen molar-refractivity contribution in [2.45, 2.75) is 20.1 Å². The minimum absolute atomic E-state index is 0.0545. The van der Waals surface area contributed by atoms with Crippen LogP contribution in [0.25, 0.3) is 11.3 Å². The molecule has 0 aliphatic rings. The predicted molar refractivity (Wildman–Crippen MR) is 101 cm³/mol. The number of ether oxygens (including phenoxy) is 2. The van der Waals surface area contributed by atoms with E-state index in [0.717, 1.165) is 5.56 Å². The molecule has 0 saturated carbocycles. The summed E-state index contributed by atoms with van der Waals surface area (Å²) in [5, 5.41) is 3.75. The Kier molecular flexibility index (Phi) is 5.33. The molecule has 0 amide bonds. The maximum absolute atomic E-state index is 12.2. The van der Waals surface area contributed by atoms with Crippen LogP contribution in [0.1, 0.15) is 28.0 Å². The molecule has 0 atom stereocenters. The number of nitrogens with zero attached hydrogens (tertiary/aromatic N) is 3. The zero-order valence-electron chi connectivity index (χ0n) is 15.6. The van der Waals surface area contributed by atoms with Crippen LogP contribution in [0.5, 0.6) is 5.75 Å². The van der Waals surface area contributed by atoms with Gasteiger partial charge in [0.05, 0.1) is 11.8 Å². The molecule has 8 heteroatoms. The van der Waals surface area contributed by atoms with Crippen molar-refractivity contribution < 1.29 is 23.2 Å². The van der Waals surface area contributed by atoms with Gasteiger partial charge in [-0.1, -0.05) is 35.5 Å². The summed E-state index contributed by atoms with van der Waals surface area (Å²) >= 11 is 0. The number of benzene rings is 2. The number of rotatable bonds is 7. The SMILES string of the molecule is Cc1nc(COc2ccc(C(=O)OCc3ncc(-c4ccccc4)o3)cc2)no1. The summed E-state index contributed by atoms with van der Waals surface area (Å²) in [5.74, 6) is 1.96. The van der Waals surface area contributed by atoms with Gasteiger partial charge in [0.15, 0.2) is 19.0 Å². The van der Waals surface area contributed by atoms with Gasteiger partial charge in [-0.15, -0.1) is 0 Å². The Bertz CT molecular complexity index is 1090. The molecule has 2 heterocycles. The molecule has 2 aromatic heterocycles. The highest BCUT2D eigenvalue weighted by atomic mass is 16.5. The minimum atomic E-state index is -0.482. The lowest BCUT2D eigenvalue weighted by Gasteiger charge is -2.05. The maximum atomic E-state index is 12.2. The number of oxazole rings is 1. The van der Waals surface area contributed by atoms with Crippen LogP contribution < -0.4 is 4.74 Å². The summed E-state index contributed by atoms with van der Waals surface area (Å²) in [7, 11) is 0. The molecule has 4 aromatic rings. The molecule has 0 spiro atoms.